The largest absolute Gasteiger partial charge is 0.383 e. The first-order valence-electron chi connectivity index (χ1n) is 6.38. The van der Waals surface area contributed by atoms with Crippen molar-refractivity contribution in [2.45, 2.75) is 32.3 Å². The molecule has 0 saturated carbocycles. The molecule has 0 amide bonds. The number of benzene rings is 1. The lowest BCUT2D eigenvalue weighted by Crippen LogP contribution is -2.16. The summed E-state index contributed by atoms with van der Waals surface area (Å²) in [6.45, 7) is 6.18. The first kappa shape index (κ1) is 15.4. The molecule has 0 aliphatic heterocycles. The van der Waals surface area contributed by atoms with Crippen LogP contribution in [0.25, 0.3) is 0 Å². The summed E-state index contributed by atoms with van der Waals surface area (Å²) in [5.74, 6) is 0. The van der Waals surface area contributed by atoms with E-state index in [4.69, 9.17) is 23.2 Å². The van der Waals surface area contributed by atoms with E-state index in [0.717, 1.165) is 11.3 Å². The maximum atomic E-state index is 10.7. The first-order valence-corrected chi connectivity index (χ1v) is 7.13. The predicted molar refractivity (Wildman–Crippen MR) is 82.4 cm³/mol. The van der Waals surface area contributed by atoms with Crippen LogP contribution in [-0.2, 0) is 12.5 Å². The van der Waals surface area contributed by atoms with Crippen LogP contribution in [0.2, 0.25) is 10.0 Å². The van der Waals surface area contributed by atoms with Crippen LogP contribution >= 0.6 is 23.2 Å². The highest BCUT2D eigenvalue weighted by atomic mass is 35.5. The number of aromatic nitrogens is 2. The lowest BCUT2D eigenvalue weighted by molar-refractivity contribution is 0.217. The van der Waals surface area contributed by atoms with Gasteiger partial charge in [0.15, 0.2) is 0 Å². The number of hydrogen-bond acceptors (Lipinski definition) is 2. The van der Waals surface area contributed by atoms with Gasteiger partial charge < -0.3 is 5.11 Å². The average Bonchev–Trinajstić information content (AvgIpc) is 2.74. The summed E-state index contributed by atoms with van der Waals surface area (Å²) >= 11 is 12.2. The molecule has 0 spiro atoms. The van der Waals surface area contributed by atoms with Crippen molar-refractivity contribution >= 4 is 23.2 Å². The molecule has 108 valence electrons. The van der Waals surface area contributed by atoms with E-state index in [9.17, 15) is 5.11 Å². The Hall–Kier alpha value is -1.03. The molecule has 0 saturated heterocycles. The number of aliphatic hydroxyl groups is 1. The van der Waals surface area contributed by atoms with Gasteiger partial charge in [0.2, 0.25) is 0 Å². The first-order chi connectivity index (χ1) is 9.21. The number of halogens is 2. The molecule has 20 heavy (non-hydrogen) atoms. The van der Waals surface area contributed by atoms with Crippen LogP contribution in [0.5, 0.6) is 0 Å². The quantitative estimate of drug-likeness (QED) is 0.906. The number of aryl methyl sites for hydroxylation is 1. The van der Waals surface area contributed by atoms with E-state index in [1.54, 1.807) is 22.9 Å². The fourth-order valence-electron chi connectivity index (χ4n) is 2.19. The zero-order valence-electron chi connectivity index (χ0n) is 12.0. The van der Waals surface area contributed by atoms with Gasteiger partial charge in [-0.1, -0.05) is 56.1 Å². The van der Waals surface area contributed by atoms with Gasteiger partial charge in [0.05, 0.1) is 15.7 Å². The molecule has 0 radical (unpaired) electrons. The molecule has 1 aromatic carbocycles. The third kappa shape index (κ3) is 2.85. The van der Waals surface area contributed by atoms with Gasteiger partial charge >= 0.3 is 0 Å². The van der Waals surface area contributed by atoms with E-state index in [-0.39, 0.29) is 5.41 Å². The highest BCUT2D eigenvalue weighted by Crippen LogP contribution is 2.36. The summed E-state index contributed by atoms with van der Waals surface area (Å²) in [5.41, 5.74) is 2.04. The average molecular weight is 313 g/mol. The molecule has 1 atom stereocenters. The van der Waals surface area contributed by atoms with Crippen molar-refractivity contribution in [2.24, 2.45) is 7.05 Å². The molecule has 2 rings (SSSR count). The fourth-order valence-corrected chi connectivity index (χ4v) is 2.60. The molecule has 1 aromatic heterocycles. The molecule has 0 aliphatic rings. The third-order valence-electron chi connectivity index (χ3n) is 3.14. The Morgan fingerprint density at radius 1 is 1.20 bits per heavy atom. The van der Waals surface area contributed by atoms with Crippen LogP contribution in [-0.4, -0.2) is 14.9 Å². The van der Waals surface area contributed by atoms with Gasteiger partial charge in [-0.15, -0.1) is 0 Å². The van der Waals surface area contributed by atoms with Crippen molar-refractivity contribution in [3.8, 4) is 0 Å². The smallest absolute Gasteiger partial charge is 0.109 e. The third-order valence-corrected chi connectivity index (χ3v) is 3.97. The minimum atomic E-state index is -0.843. The molecular weight excluding hydrogens is 295 g/mol. The maximum absolute atomic E-state index is 10.7. The second-order valence-corrected chi connectivity index (χ2v) is 6.69. The Bertz CT molecular complexity index is 629. The number of rotatable bonds is 2. The lowest BCUT2D eigenvalue weighted by atomic mass is 9.87. The molecular formula is C15H18Cl2N2O. The zero-order valence-corrected chi connectivity index (χ0v) is 13.5. The Balaban J connectivity index is 2.54. The summed E-state index contributed by atoms with van der Waals surface area (Å²) in [5, 5.41) is 15.9. The highest BCUT2D eigenvalue weighted by molar-refractivity contribution is 6.42. The molecule has 2 aromatic rings. The molecule has 1 unspecified atom stereocenters. The van der Waals surface area contributed by atoms with Gasteiger partial charge in [-0.2, -0.15) is 5.10 Å². The lowest BCUT2D eigenvalue weighted by Gasteiger charge is -2.20. The normalized spacial score (nSPS) is 13.6. The molecule has 0 fully saturated rings. The van der Waals surface area contributed by atoms with Crippen LogP contribution in [0, 0.1) is 0 Å². The minimum Gasteiger partial charge on any atom is -0.383 e. The predicted octanol–water partition coefficient (Wildman–Crippen LogP) is 4.11. The number of aliphatic hydroxyl groups excluding tert-OH is 1. The van der Waals surface area contributed by atoms with E-state index in [1.807, 2.05) is 13.2 Å². The van der Waals surface area contributed by atoms with Gasteiger partial charge in [-0.05, 0) is 6.07 Å². The van der Waals surface area contributed by atoms with Crippen molar-refractivity contribution in [1.82, 2.24) is 9.78 Å². The van der Waals surface area contributed by atoms with Crippen molar-refractivity contribution in [1.29, 1.82) is 0 Å². The fraction of sp³-hybridized carbons (Fsp3) is 0.400. The van der Waals surface area contributed by atoms with Crippen molar-refractivity contribution in [3.63, 3.8) is 0 Å². The van der Waals surface area contributed by atoms with Gasteiger partial charge in [-0.3, -0.25) is 4.68 Å². The van der Waals surface area contributed by atoms with E-state index in [2.05, 4.69) is 25.9 Å². The van der Waals surface area contributed by atoms with E-state index in [1.165, 1.54) is 0 Å². The van der Waals surface area contributed by atoms with Gasteiger partial charge in [0, 0.05) is 29.8 Å². The maximum Gasteiger partial charge on any atom is 0.109 e. The SMILES string of the molecule is Cn1cc(C(O)c2cccc(Cl)c2Cl)c(C(C)(C)C)n1. The molecule has 1 N–H and O–H groups in total. The molecule has 5 heteroatoms. The summed E-state index contributed by atoms with van der Waals surface area (Å²) in [4.78, 5) is 0. The van der Waals surface area contributed by atoms with E-state index < -0.39 is 6.10 Å². The molecule has 0 aliphatic carbocycles. The van der Waals surface area contributed by atoms with Crippen LogP contribution in [0.4, 0.5) is 0 Å². The van der Waals surface area contributed by atoms with Crippen molar-refractivity contribution in [2.75, 3.05) is 0 Å². The van der Waals surface area contributed by atoms with Crippen LogP contribution < -0.4 is 0 Å². The van der Waals surface area contributed by atoms with Crippen LogP contribution in [0.15, 0.2) is 24.4 Å². The van der Waals surface area contributed by atoms with Gasteiger partial charge in [-0.25, -0.2) is 0 Å². The molecule has 3 nitrogen and oxygen atoms in total. The summed E-state index contributed by atoms with van der Waals surface area (Å²) < 4.78 is 1.71. The topological polar surface area (TPSA) is 38.0 Å². The van der Waals surface area contributed by atoms with Gasteiger partial charge in [0.1, 0.15) is 6.10 Å². The standard InChI is InChI=1S/C15H18Cl2N2O/c1-15(2,3)14-10(8-19(4)18-14)13(20)9-6-5-7-11(16)12(9)17/h5-8,13,20H,1-4H3. The monoisotopic (exact) mass is 312 g/mol. The van der Waals surface area contributed by atoms with E-state index >= 15 is 0 Å². The second-order valence-electron chi connectivity index (χ2n) is 5.90. The Morgan fingerprint density at radius 2 is 1.85 bits per heavy atom. The molecule has 0 bridgehead atoms. The molecule has 1 heterocycles. The van der Waals surface area contributed by atoms with Crippen molar-refractivity contribution < 1.29 is 5.11 Å². The highest BCUT2D eigenvalue weighted by Gasteiger charge is 2.27. The minimum absolute atomic E-state index is 0.164. The second kappa shape index (κ2) is 5.40. The summed E-state index contributed by atoms with van der Waals surface area (Å²) in [7, 11) is 1.84. The van der Waals surface area contributed by atoms with Crippen molar-refractivity contribution in [3.05, 3.63) is 51.3 Å². The number of nitrogens with zero attached hydrogens (tertiary/aromatic N) is 2. The van der Waals surface area contributed by atoms with Crippen LogP contribution in [0.3, 0.4) is 0 Å². The Morgan fingerprint density at radius 3 is 2.45 bits per heavy atom. The zero-order chi connectivity index (χ0) is 15.1. The Labute approximate surface area is 129 Å². The Kier molecular flexibility index (Phi) is 4.14. The summed E-state index contributed by atoms with van der Waals surface area (Å²) in [6.07, 6.45) is 0.979. The summed E-state index contributed by atoms with van der Waals surface area (Å²) in [6, 6.07) is 5.26. The van der Waals surface area contributed by atoms with Gasteiger partial charge in [0.25, 0.3) is 0 Å². The number of hydrogen-bond donors (Lipinski definition) is 1. The van der Waals surface area contributed by atoms with E-state index in [0.29, 0.717) is 15.6 Å². The van der Waals surface area contributed by atoms with Crippen LogP contribution in [0.1, 0.15) is 43.7 Å².